The van der Waals surface area contributed by atoms with E-state index >= 15 is 0 Å². The third-order valence-corrected chi connectivity index (χ3v) is 8.68. The number of rotatable bonds is 23. The highest BCUT2D eigenvalue weighted by Gasteiger charge is 2.22. The number of ether oxygens (including phenoxy) is 4. The van der Waals surface area contributed by atoms with Crippen LogP contribution in [-0.4, -0.2) is 103 Å². The van der Waals surface area contributed by atoms with Gasteiger partial charge in [0.25, 0.3) is 0 Å². The molecule has 0 radical (unpaired) electrons. The first-order valence-electron chi connectivity index (χ1n) is 20.8. The van der Waals surface area contributed by atoms with Gasteiger partial charge >= 0.3 is 5.97 Å². The normalized spacial score (nSPS) is 11.6. The molecular formula is C46H82N6O8. The van der Waals surface area contributed by atoms with Crippen LogP contribution in [0.3, 0.4) is 0 Å². The molecule has 14 heteroatoms. The SMILES string of the molecule is C.C=C(O)CCCCOCCn1nc(C)cc1C(C)(C)C.C=C(O)COCCOCCn1nc(C)cc1C(C)(C)C.Cc1cc(C(C)(C)C)n(CCOCCCC(=O)O)n1. The number of aliphatic carboxylic acids is 1. The van der Waals surface area contributed by atoms with Gasteiger partial charge in [0.15, 0.2) is 0 Å². The molecule has 0 spiro atoms. The van der Waals surface area contributed by atoms with Crippen LogP contribution < -0.4 is 0 Å². The van der Waals surface area contributed by atoms with Gasteiger partial charge in [0, 0.05) is 59.4 Å². The fourth-order valence-electron chi connectivity index (χ4n) is 5.88. The molecule has 3 aromatic rings. The largest absolute Gasteiger partial charge is 0.513 e. The van der Waals surface area contributed by atoms with E-state index < -0.39 is 5.97 Å². The van der Waals surface area contributed by atoms with Crippen molar-refractivity contribution in [1.82, 2.24) is 29.3 Å². The molecular weight excluding hydrogens is 765 g/mol. The zero-order chi connectivity index (χ0) is 44.8. The molecule has 3 heterocycles. The van der Waals surface area contributed by atoms with Crippen molar-refractivity contribution in [2.75, 3.05) is 52.9 Å². The average Bonchev–Trinajstić information content (AvgIpc) is 3.81. The van der Waals surface area contributed by atoms with Crippen LogP contribution in [0.1, 0.15) is 136 Å². The van der Waals surface area contributed by atoms with Gasteiger partial charge < -0.3 is 34.3 Å². The third-order valence-electron chi connectivity index (χ3n) is 8.68. The predicted octanol–water partition coefficient (Wildman–Crippen LogP) is 9.35. The first-order chi connectivity index (χ1) is 27.4. The number of carboxylic acid groups (broad SMARTS) is 1. The monoisotopic (exact) mass is 847 g/mol. The quantitative estimate of drug-likeness (QED) is 0.0614. The van der Waals surface area contributed by atoms with Crippen LogP contribution in [0.5, 0.6) is 0 Å². The maximum absolute atomic E-state index is 10.3. The number of hydrogen-bond donors (Lipinski definition) is 3. The second-order valence-electron chi connectivity index (χ2n) is 17.9. The van der Waals surface area contributed by atoms with Crippen molar-refractivity contribution in [2.45, 2.75) is 158 Å². The molecule has 3 N–H and O–H groups in total. The summed E-state index contributed by atoms with van der Waals surface area (Å²) in [5, 5.41) is 39.8. The lowest BCUT2D eigenvalue weighted by atomic mass is 9.92. The lowest BCUT2D eigenvalue weighted by Crippen LogP contribution is -2.20. The molecule has 0 amide bonds. The number of hydrogen-bond acceptors (Lipinski definition) is 10. The average molecular weight is 847 g/mol. The number of allylic oxidation sites excluding steroid dienone is 1. The molecule has 60 heavy (non-hydrogen) atoms. The summed E-state index contributed by atoms with van der Waals surface area (Å²) in [7, 11) is 0. The van der Waals surface area contributed by atoms with E-state index in [-0.39, 0.29) is 48.2 Å². The van der Waals surface area contributed by atoms with Gasteiger partial charge in [-0.3, -0.25) is 18.8 Å². The van der Waals surface area contributed by atoms with Crippen molar-refractivity contribution in [1.29, 1.82) is 0 Å². The summed E-state index contributed by atoms with van der Waals surface area (Å²) in [5.41, 5.74) is 6.98. The highest BCUT2D eigenvalue weighted by Crippen LogP contribution is 2.25. The van der Waals surface area contributed by atoms with Gasteiger partial charge in [-0.2, -0.15) is 15.3 Å². The Balaban J connectivity index is 0.000000863. The Labute approximate surface area is 362 Å². The topological polar surface area (TPSA) is 168 Å². The molecule has 0 aliphatic heterocycles. The van der Waals surface area contributed by atoms with E-state index in [0.717, 1.165) is 49.6 Å². The summed E-state index contributed by atoms with van der Waals surface area (Å²) in [6.45, 7) is 38.8. The Bertz CT molecular complexity index is 1590. The molecule has 0 fully saturated rings. The molecule has 0 aliphatic carbocycles. The van der Waals surface area contributed by atoms with Crippen LogP contribution in [0.15, 0.2) is 42.9 Å². The van der Waals surface area contributed by atoms with Crippen molar-refractivity contribution < 1.29 is 39.1 Å². The lowest BCUT2D eigenvalue weighted by Gasteiger charge is -2.20. The maximum Gasteiger partial charge on any atom is 0.303 e. The summed E-state index contributed by atoms with van der Waals surface area (Å²) >= 11 is 0. The van der Waals surface area contributed by atoms with Gasteiger partial charge in [0.05, 0.1) is 75.5 Å². The van der Waals surface area contributed by atoms with E-state index in [1.165, 1.54) is 17.1 Å². The first-order valence-corrected chi connectivity index (χ1v) is 20.8. The predicted molar refractivity (Wildman–Crippen MR) is 241 cm³/mol. The number of carbonyl (C=O) groups is 1. The Kier molecular flexibility index (Phi) is 25.9. The molecule has 0 saturated heterocycles. The Morgan fingerprint density at radius 1 is 0.533 bits per heavy atom. The van der Waals surface area contributed by atoms with E-state index in [1.807, 2.05) is 34.8 Å². The second kappa shape index (κ2) is 27.8. The molecule has 344 valence electrons. The summed E-state index contributed by atoms with van der Waals surface area (Å²) in [4.78, 5) is 10.3. The zero-order valence-electron chi connectivity index (χ0n) is 38.5. The minimum Gasteiger partial charge on any atom is -0.513 e. The molecule has 0 aliphatic rings. The number of aryl methyl sites for hydroxylation is 3. The van der Waals surface area contributed by atoms with E-state index in [2.05, 4.69) is 109 Å². The van der Waals surface area contributed by atoms with Gasteiger partial charge in [-0.25, -0.2) is 0 Å². The lowest BCUT2D eigenvalue weighted by molar-refractivity contribution is -0.137. The van der Waals surface area contributed by atoms with Crippen molar-refractivity contribution in [3.05, 3.63) is 77.0 Å². The van der Waals surface area contributed by atoms with Crippen LogP contribution in [0.4, 0.5) is 0 Å². The van der Waals surface area contributed by atoms with Crippen LogP contribution in [0, 0.1) is 20.8 Å². The van der Waals surface area contributed by atoms with Gasteiger partial charge in [-0.15, -0.1) is 0 Å². The minimum atomic E-state index is -0.777. The van der Waals surface area contributed by atoms with Gasteiger partial charge in [0.2, 0.25) is 0 Å². The molecule has 3 aromatic heterocycles. The number of unbranched alkanes of at least 4 members (excludes halogenated alkanes) is 1. The highest BCUT2D eigenvalue weighted by atomic mass is 16.5. The number of aromatic nitrogens is 6. The Morgan fingerprint density at radius 2 is 0.883 bits per heavy atom. The van der Waals surface area contributed by atoms with Crippen molar-refractivity contribution >= 4 is 5.97 Å². The number of carboxylic acids is 1. The molecule has 14 nitrogen and oxygen atoms in total. The fourth-order valence-corrected chi connectivity index (χ4v) is 5.88. The summed E-state index contributed by atoms with van der Waals surface area (Å²) < 4.78 is 27.7. The summed E-state index contributed by atoms with van der Waals surface area (Å²) in [6, 6.07) is 6.37. The van der Waals surface area contributed by atoms with E-state index in [9.17, 15) is 4.79 Å². The molecule has 0 saturated carbocycles. The standard InChI is InChI=1S/C16H28N2O2.C15H26N2O3.C14H24N2O3.CH4/c1-13-12-15(16(3,4)5)18(17-13)9-11-20-10-7-6-8-14(2)19;1-12-10-14(15(3,4)5)17(16-12)6-7-19-8-9-20-11-13(2)18;1-11-10-12(14(2,3)4)16(15-11)7-9-19-8-5-6-13(17)18;/h12,19H,2,6-11H2,1,3-5H3;10,18H,2,6-9,11H2,1,3-5H3;10H,5-9H2,1-4H3,(H,17,18);1H4. The third kappa shape index (κ3) is 24.3. The van der Waals surface area contributed by atoms with Crippen LogP contribution in [-0.2, 0) is 59.6 Å². The van der Waals surface area contributed by atoms with E-state index in [4.69, 9.17) is 34.3 Å². The maximum atomic E-state index is 10.3. The summed E-state index contributed by atoms with van der Waals surface area (Å²) in [5.74, 6) is -0.486. The van der Waals surface area contributed by atoms with Crippen molar-refractivity contribution in [3.8, 4) is 0 Å². The van der Waals surface area contributed by atoms with Gasteiger partial charge in [0.1, 0.15) is 12.4 Å². The highest BCUT2D eigenvalue weighted by molar-refractivity contribution is 5.66. The Morgan fingerprint density at radius 3 is 1.22 bits per heavy atom. The summed E-state index contributed by atoms with van der Waals surface area (Å²) in [6.07, 6.45) is 3.25. The van der Waals surface area contributed by atoms with Crippen molar-refractivity contribution in [2.24, 2.45) is 0 Å². The van der Waals surface area contributed by atoms with E-state index in [0.29, 0.717) is 59.0 Å². The molecule has 3 rings (SSSR count). The smallest absolute Gasteiger partial charge is 0.303 e. The van der Waals surface area contributed by atoms with Crippen LogP contribution in [0.25, 0.3) is 0 Å². The number of nitrogens with zero attached hydrogens (tertiary/aromatic N) is 6. The van der Waals surface area contributed by atoms with Gasteiger partial charge in [-0.1, -0.05) is 82.9 Å². The second-order valence-corrected chi connectivity index (χ2v) is 17.9. The van der Waals surface area contributed by atoms with Crippen molar-refractivity contribution in [3.63, 3.8) is 0 Å². The fraction of sp³-hybridized carbons (Fsp3) is 0.696. The molecule has 0 unspecified atom stereocenters. The van der Waals surface area contributed by atoms with Crippen LogP contribution >= 0.6 is 0 Å². The minimum absolute atomic E-state index is 0. The Hall–Kier alpha value is -3.98. The van der Waals surface area contributed by atoms with E-state index in [1.54, 1.807) is 0 Å². The molecule has 0 aromatic carbocycles. The molecule has 0 bridgehead atoms. The first kappa shape index (κ1) is 56.0. The zero-order valence-corrected chi connectivity index (χ0v) is 38.5. The van der Waals surface area contributed by atoms with Crippen LogP contribution in [0.2, 0.25) is 0 Å². The van der Waals surface area contributed by atoms with Gasteiger partial charge in [-0.05, 0) is 58.2 Å². The number of aliphatic hydroxyl groups is 2. The molecule has 0 atom stereocenters. The number of aliphatic hydroxyl groups excluding tert-OH is 2.